The van der Waals surface area contributed by atoms with Gasteiger partial charge in [0.2, 0.25) is 0 Å². The number of anilines is 1. The van der Waals surface area contributed by atoms with Gasteiger partial charge in [0.1, 0.15) is 5.56 Å². The largest absolute Gasteiger partial charge is 0.493 e. The fourth-order valence-corrected chi connectivity index (χ4v) is 2.50. The minimum atomic E-state index is -1.00. The molecule has 0 saturated carbocycles. The van der Waals surface area contributed by atoms with E-state index in [0.717, 1.165) is 5.69 Å². The number of para-hydroxylation sites is 1. The van der Waals surface area contributed by atoms with Crippen molar-refractivity contribution in [2.45, 2.75) is 26.9 Å². The lowest BCUT2D eigenvalue weighted by atomic mass is 10.2. The number of methoxy groups -OCH3 is 2. The minimum Gasteiger partial charge on any atom is -0.493 e. The standard InChI is InChI=1S/C18H23N3O5/c1-10-15(11(2)21(4)20-10)19-17(22)12(3)26-18(23)13-8-7-9-14(24-5)16(13)25-6/h7-9,12H,1-6H3,(H,19,22)/t12-/m0/s1. The van der Waals surface area contributed by atoms with Crippen LogP contribution in [-0.2, 0) is 16.6 Å². The van der Waals surface area contributed by atoms with Crippen molar-refractivity contribution >= 4 is 17.6 Å². The van der Waals surface area contributed by atoms with Gasteiger partial charge in [-0.1, -0.05) is 6.07 Å². The summed E-state index contributed by atoms with van der Waals surface area (Å²) in [6, 6.07) is 4.86. The third-order valence-electron chi connectivity index (χ3n) is 4.03. The Morgan fingerprint density at radius 3 is 2.42 bits per heavy atom. The van der Waals surface area contributed by atoms with Gasteiger partial charge in [0, 0.05) is 7.05 Å². The maximum Gasteiger partial charge on any atom is 0.342 e. The summed E-state index contributed by atoms with van der Waals surface area (Å²) >= 11 is 0. The molecule has 1 aromatic carbocycles. The van der Waals surface area contributed by atoms with Crippen LogP contribution in [0.1, 0.15) is 28.7 Å². The number of amides is 1. The van der Waals surface area contributed by atoms with Gasteiger partial charge in [-0.05, 0) is 32.9 Å². The van der Waals surface area contributed by atoms with E-state index >= 15 is 0 Å². The normalized spacial score (nSPS) is 11.6. The predicted octanol–water partition coefficient (Wildman–Crippen LogP) is 2.24. The lowest BCUT2D eigenvalue weighted by Gasteiger charge is -2.16. The van der Waals surface area contributed by atoms with Gasteiger partial charge >= 0.3 is 5.97 Å². The molecule has 26 heavy (non-hydrogen) atoms. The number of aryl methyl sites for hydroxylation is 2. The third-order valence-corrected chi connectivity index (χ3v) is 4.03. The maximum absolute atomic E-state index is 12.4. The molecule has 8 nitrogen and oxygen atoms in total. The molecule has 0 unspecified atom stereocenters. The number of aromatic nitrogens is 2. The van der Waals surface area contributed by atoms with Crippen molar-refractivity contribution in [3.8, 4) is 11.5 Å². The van der Waals surface area contributed by atoms with E-state index in [1.807, 2.05) is 6.92 Å². The topological polar surface area (TPSA) is 91.7 Å². The summed E-state index contributed by atoms with van der Waals surface area (Å²) < 4.78 is 17.3. The molecule has 1 aromatic heterocycles. The Morgan fingerprint density at radius 1 is 1.19 bits per heavy atom. The van der Waals surface area contributed by atoms with Gasteiger partial charge in [-0.15, -0.1) is 0 Å². The second kappa shape index (κ2) is 7.90. The van der Waals surface area contributed by atoms with Crippen molar-refractivity contribution in [1.82, 2.24) is 9.78 Å². The smallest absolute Gasteiger partial charge is 0.342 e. The van der Waals surface area contributed by atoms with Gasteiger partial charge in [-0.2, -0.15) is 5.10 Å². The summed E-state index contributed by atoms with van der Waals surface area (Å²) in [6.07, 6.45) is -1.00. The van der Waals surface area contributed by atoms with Crippen LogP contribution in [0.2, 0.25) is 0 Å². The number of esters is 1. The highest BCUT2D eigenvalue weighted by Gasteiger charge is 2.24. The molecule has 1 amide bonds. The number of hydrogen-bond donors (Lipinski definition) is 1. The molecule has 0 radical (unpaired) electrons. The summed E-state index contributed by atoms with van der Waals surface area (Å²) in [7, 11) is 4.69. The fourth-order valence-electron chi connectivity index (χ4n) is 2.50. The molecule has 8 heteroatoms. The summed E-state index contributed by atoms with van der Waals surface area (Å²) in [5, 5.41) is 6.99. The van der Waals surface area contributed by atoms with Crippen LogP contribution in [0.25, 0.3) is 0 Å². The lowest BCUT2D eigenvalue weighted by Crippen LogP contribution is -2.30. The second-order valence-corrected chi connectivity index (χ2v) is 5.75. The predicted molar refractivity (Wildman–Crippen MR) is 95.7 cm³/mol. The Kier molecular flexibility index (Phi) is 5.86. The number of carbonyl (C=O) groups excluding carboxylic acids is 2. The van der Waals surface area contributed by atoms with Crippen LogP contribution >= 0.6 is 0 Å². The lowest BCUT2D eigenvalue weighted by molar-refractivity contribution is -0.123. The van der Waals surface area contributed by atoms with Gasteiger partial charge < -0.3 is 19.5 Å². The Labute approximate surface area is 152 Å². The van der Waals surface area contributed by atoms with E-state index < -0.39 is 18.0 Å². The highest BCUT2D eigenvalue weighted by atomic mass is 16.6. The van der Waals surface area contributed by atoms with Crippen LogP contribution in [0.3, 0.4) is 0 Å². The quantitative estimate of drug-likeness (QED) is 0.794. The van der Waals surface area contributed by atoms with Gasteiger partial charge in [0.25, 0.3) is 5.91 Å². The molecular formula is C18H23N3O5. The average Bonchev–Trinajstić information content (AvgIpc) is 2.86. The summed E-state index contributed by atoms with van der Waals surface area (Å²) in [6.45, 7) is 5.13. The first-order valence-electron chi connectivity index (χ1n) is 8.03. The first-order chi connectivity index (χ1) is 12.3. The maximum atomic E-state index is 12.4. The summed E-state index contributed by atoms with van der Waals surface area (Å²) in [5.74, 6) is -0.463. The monoisotopic (exact) mass is 361 g/mol. The van der Waals surface area contributed by atoms with Crippen LogP contribution in [0.4, 0.5) is 5.69 Å². The average molecular weight is 361 g/mol. The molecule has 0 spiro atoms. The first kappa shape index (κ1) is 19.3. The molecule has 0 fully saturated rings. The van der Waals surface area contributed by atoms with E-state index in [2.05, 4.69) is 10.4 Å². The van der Waals surface area contributed by atoms with Crippen molar-refractivity contribution in [1.29, 1.82) is 0 Å². The van der Waals surface area contributed by atoms with Gasteiger partial charge in [-0.25, -0.2) is 4.79 Å². The molecule has 0 saturated heterocycles. The van der Waals surface area contributed by atoms with Crippen molar-refractivity contribution in [3.63, 3.8) is 0 Å². The molecule has 0 aliphatic rings. The zero-order chi connectivity index (χ0) is 19.4. The molecule has 1 heterocycles. The molecule has 0 aliphatic carbocycles. The number of benzene rings is 1. The van der Waals surface area contributed by atoms with Crippen molar-refractivity contribution < 1.29 is 23.8 Å². The van der Waals surface area contributed by atoms with Crippen LogP contribution in [-0.4, -0.2) is 42.0 Å². The Bertz CT molecular complexity index is 828. The van der Waals surface area contributed by atoms with Crippen molar-refractivity contribution in [2.75, 3.05) is 19.5 Å². The molecule has 0 aliphatic heterocycles. The van der Waals surface area contributed by atoms with Crippen LogP contribution < -0.4 is 14.8 Å². The molecule has 140 valence electrons. The second-order valence-electron chi connectivity index (χ2n) is 5.75. The zero-order valence-electron chi connectivity index (χ0n) is 15.7. The molecular weight excluding hydrogens is 338 g/mol. The molecule has 0 bridgehead atoms. The van der Waals surface area contributed by atoms with E-state index in [4.69, 9.17) is 14.2 Å². The van der Waals surface area contributed by atoms with Crippen molar-refractivity contribution in [3.05, 3.63) is 35.2 Å². The molecule has 1 atom stereocenters. The highest BCUT2D eigenvalue weighted by molar-refractivity contribution is 5.99. The zero-order valence-corrected chi connectivity index (χ0v) is 15.7. The van der Waals surface area contributed by atoms with Crippen LogP contribution in [0.15, 0.2) is 18.2 Å². The van der Waals surface area contributed by atoms with E-state index in [0.29, 0.717) is 17.1 Å². The van der Waals surface area contributed by atoms with E-state index in [1.165, 1.54) is 21.1 Å². The Morgan fingerprint density at radius 2 is 1.88 bits per heavy atom. The summed E-state index contributed by atoms with van der Waals surface area (Å²) in [5.41, 5.74) is 2.29. The molecule has 2 aromatic rings. The van der Waals surface area contributed by atoms with E-state index in [9.17, 15) is 9.59 Å². The fraction of sp³-hybridized carbons (Fsp3) is 0.389. The number of rotatable bonds is 6. The van der Waals surface area contributed by atoms with Crippen molar-refractivity contribution in [2.24, 2.45) is 7.05 Å². The van der Waals surface area contributed by atoms with E-state index in [1.54, 1.807) is 36.9 Å². The number of nitrogens with zero attached hydrogens (tertiary/aromatic N) is 2. The van der Waals surface area contributed by atoms with E-state index in [-0.39, 0.29) is 11.3 Å². The van der Waals surface area contributed by atoms with Gasteiger partial charge in [-0.3, -0.25) is 9.48 Å². The number of hydrogen-bond acceptors (Lipinski definition) is 6. The SMILES string of the molecule is COc1cccc(C(=O)O[C@@H](C)C(=O)Nc2c(C)nn(C)c2C)c1OC. The summed E-state index contributed by atoms with van der Waals surface area (Å²) in [4.78, 5) is 24.8. The van der Waals surface area contributed by atoms with Gasteiger partial charge in [0.05, 0.1) is 31.3 Å². The Balaban J connectivity index is 2.13. The first-order valence-corrected chi connectivity index (χ1v) is 8.03. The number of carbonyl (C=O) groups is 2. The van der Waals surface area contributed by atoms with Crippen LogP contribution in [0, 0.1) is 13.8 Å². The molecule has 1 N–H and O–H groups in total. The third kappa shape index (κ3) is 3.79. The minimum absolute atomic E-state index is 0.181. The van der Waals surface area contributed by atoms with Gasteiger partial charge in [0.15, 0.2) is 17.6 Å². The molecule has 2 rings (SSSR count). The number of nitrogens with one attached hydrogen (secondary N) is 1. The van der Waals surface area contributed by atoms with Crippen LogP contribution in [0.5, 0.6) is 11.5 Å². The highest BCUT2D eigenvalue weighted by Crippen LogP contribution is 2.31. The Hall–Kier alpha value is -3.03. The number of ether oxygens (including phenoxy) is 3.